The number of aromatic nitrogens is 1. The van der Waals surface area contributed by atoms with Crippen LogP contribution in [0.25, 0.3) is 10.9 Å². The van der Waals surface area contributed by atoms with Crippen LogP contribution in [0, 0.1) is 0 Å². The highest BCUT2D eigenvalue weighted by Crippen LogP contribution is 2.13. The average Bonchev–Trinajstić information content (AvgIpc) is 2.44. The van der Waals surface area contributed by atoms with Crippen molar-refractivity contribution < 1.29 is 9.53 Å². The molecule has 1 heterocycles. The summed E-state index contributed by atoms with van der Waals surface area (Å²) in [7, 11) is 5.70. The lowest BCUT2D eigenvalue weighted by atomic mass is 9.95. The molecule has 0 bridgehead atoms. The number of pyridine rings is 1. The molecule has 1 N–H and O–H groups in total. The van der Waals surface area contributed by atoms with Crippen LogP contribution in [-0.2, 0) is 4.74 Å². The van der Waals surface area contributed by atoms with Crippen LogP contribution in [0.4, 0.5) is 10.6 Å². The summed E-state index contributed by atoms with van der Waals surface area (Å²) in [6.07, 6.45) is 2.57. The summed E-state index contributed by atoms with van der Waals surface area (Å²) >= 11 is 0. The van der Waals surface area contributed by atoms with E-state index in [1.807, 2.05) is 18.2 Å². The van der Waals surface area contributed by atoms with Gasteiger partial charge >= 0.3 is 6.09 Å². The molecular formula is C15H17BN2O2. The van der Waals surface area contributed by atoms with E-state index < -0.39 is 6.09 Å². The number of hydrogen-bond donors (Lipinski definition) is 1. The molecule has 4 nitrogen and oxygen atoms in total. The average molecular weight is 268 g/mol. The molecule has 0 aliphatic heterocycles. The van der Waals surface area contributed by atoms with Gasteiger partial charge in [-0.3, -0.25) is 5.32 Å². The van der Waals surface area contributed by atoms with Crippen molar-refractivity contribution in [2.24, 2.45) is 0 Å². The van der Waals surface area contributed by atoms with Gasteiger partial charge in [0.2, 0.25) is 0 Å². The third-order valence-electron chi connectivity index (χ3n) is 2.92. The second-order valence-electron chi connectivity index (χ2n) is 4.62. The molecular weight excluding hydrogens is 251 g/mol. The quantitative estimate of drug-likeness (QED) is 0.670. The van der Waals surface area contributed by atoms with E-state index >= 15 is 0 Å². The van der Waals surface area contributed by atoms with E-state index in [9.17, 15) is 4.79 Å². The molecule has 20 heavy (non-hydrogen) atoms. The Bertz CT molecular complexity index is 601. The Balaban J connectivity index is 1.96. The van der Waals surface area contributed by atoms with Crippen LogP contribution in [0.15, 0.2) is 30.3 Å². The van der Waals surface area contributed by atoms with Crippen molar-refractivity contribution in [2.45, 2.75) is 26.2 Å². The first-order valence-corrected chi connectivity index (χ1v) is 6.79. The lowest BCUT2D eigenvalue weighted by Crippen LogP contribution is -2.15. The van der Waals surface area contributed by atoms with Crippen LogP contribution < -0.4 is 10.8 Å². The van der Waals surface area contributed by atoms with Gasteiger partial charge < -0.3 is 4.74 Å². The Morgan fingerprint density at radius 1 is 1.30 bits per heavy atom. The van der Waals surface area contributed by atoms with Crippen molar-refractivity contribution in [1.29, 1.82) is 0 Å². The van der Waals surface area contributed by atoms with Crippen LogP contribution in [0.5, 0.6) is 0 Å². The van der Waals surface area contributed by atoms with E-state index in [0.717, 1.165) is 30.2 Å². The topological polar surface area (TPSA) is 51.2 Å². The summed E-state index contributed by atoms with van der Waals surface area (Å²) < 4.78 is 5.07. The van der Waals surface area contributed by atoms with E-state index in [2.05, 4.69) is 17.2 Å². The third-order valence-corrected chi connectivity index (χ3v) is 2.92. The Morgan fingerprint density at radius 2 is 2.15 bits per heavy atom. The fourth-order valence-corrected chi connectivity index (χ4v) is 1.87. The summed E-state index contributed by atoms with van der Waals surface area (Å²) in [5.41, 5.74) is 1.47. The number of carbonyl (C=O) groups is 1. The highest BCUT2D eigenvalue weighted by atomic mass is 16.5. The number of ether oxygens (including phenoxy) is 1. The molecule has 0 aliphatic carbocycles. The summed E-state index contributed by atoms with van der Waals surface area (Å²) in [6.45, 7) is 2.54. The second kappa shape index (κ2) is 6.94. The number of amides is 1. The Hall–Kier alpha value is -2.04. The molecule has 2 radical (unpaired) electrons. The number of rotatable bonds is 5. The first-order valence-electron chi connectivity index (χ1n) is 6.79. The Kier molecular flexibility index (Phi) is 4.99. The van der Waals surface area contributed by atoms with Gasteiger partial charge in [-0.15, -0.1) is 0 Å². The highest BCUT2D eigenvalue weighted by molar-refractivity contribution is 6.33. The zero-order chi connectivity index (χ0) is 14.4. The Labute approximate surface area is 119 Å². The monoisotopic (exact) mass is 268 g/mol. The van der Waals surface area contributed by atoms with Gasteiger partial charge in [-0.25, -0.2) is 9.78 Å². The second-order valence-corrected chi connectivity index (χ2v) is 4.62. The number of hydrogen-bond acceptors (Lipinski definition) is 3. The maximum absolute atomic E-state index is 11.6. The van der Waals surface area contributed by atoms with Crippen molar-refractivity contribution >= 4 is 36.1 Å². The van der Waals surface area contributed by atoms with Gasteiger partial charge in [0.05, 0.1) is 12.1 Å². The van der Waals surface area contributed by atoms with Gasteiger partial charge in [0.25, 0.3) is 0 Å². The number of benzene rings is 1. The molecule has 1 aromatic heterocycles. The zero-order valence-electron chi connectivity index (χ0n) is 11.6. The first-order chi connectivity index (χ1) is 9.69. The van der Waals surface area contributed by atoms with Gasteiger partial charge in [-0.05, 0) is 30.0 Å². The SMILES string of the molecule is [B]c1ccc2nc(NC(=O)OCCCCC)ccc2c1. The molecule has 0 fully saturated rings. The lowest BCUT2D eigenvalue weighted by molar-refractivity contribution is 0.159. The maximum Gasteiger partial charge on any atom is 0.412 e. The van der Waals surface area contributed by atoms with Crippen LogP contribution >= 0.6 is 0 Å². The van der Waals surface area contributed by atoms with Crippen LogP contribution in [-0.4, -0.2) is 25.5 Å². The fourth-order valence-electron chi connectivity index (χ4n) is 1.87. The predicted molar refractivity (Wildman–Crippen MR) is 81.6 cm³/mol. The number of fused-ring (bicyclic) bond motifs is 1. The summed E-state index contributed by atoms with van der Waals surface area (Å²) in [5.74, 6) is 0.475. The van der Waals surface area contributed by atoms with Crippen molar-refractivity contribution in [3.8, 4) is 0 Å². The number of nitrogens with zero attached hydrogens (tertiary/aromatic N) is 1. The standard InChI is InChI=1S/C15H17BN2O2/c1-2-3-4-9-20-15(19)18-14-8-5-11-10-12(16)6-7-13(11)17-14/h5-8,10H,2-4,9H2,1H3,(H,17,18,19). The number of carbonyl (C=O) groups excluding carboxylic acids is 1. The maximum atomic E-state index is 11.6. The number of anilines is 1. The smallest absolute Gasteiger partial charge is 0.412 e. The molecule has 0 spiro atoms. The summed E-state index contributed by atoms with van der Waals surface area (Å²) in [6, 6.07) is 9.04. The van der Waals surface area contributed by atoms with E-state index in [-0.39, 0.29) is 0 Å². The molecule has 2 rings (SSSR count). The normalized spacial score (nSPS) is 10.4. The van der Waals surface area contributed by atoms with E-state index in [1.54, 1.807) is 12.1 Å². The van der Waals surface area contributed by atoms with Gasteiger partial charge in [-0.2, -0.15) is 0 Å². The molecule has 102 valence electrons. The largest absolute Gasteiger partial charge is 0.449 e. The molecule has 1 amide bonds. The number of unbranched alkanes of at least 4 members (excludes halogenated alkanes) is 2. The van der Waals surface area contributed by atoms with Crippen molar-refractivity contribution in [1.82, 2.24) is 4.98 Å². The predicted octanol–water partition coefficient (Wildman–Crippen LogP) is 2.77. The van der Waals surface area contributed by atoms with E-state index in [4.69, 9.17) is 12.6 Å². The molecule has 0 saturated heterocycles. The molecule has 0 aliphatic rings. The number of nitrogens with one attached hydrogen (secondary N) is 1. The van der Waals surface area contributed by atoms with Gasteiger partial charge in [0, 0.05) is 0 Å². The Morgan fingerprint density at radius 3 is 2.95 bits per heavy atom. The van der Waals surface area contributed by atoms with Crippen molar-refractivity contribution in [2.75, 3.05) is 11.9 Å². The molecule has 0 atom stereocenters. The van der Waals surface area contributed by atoms with Crippen molar-refractivity contribution in [3.63, 3.8) is 0 Å². The van der Waals surface area contributed by atoms with E-state index in [0.29, 0.717) is 17.9 Å². The highest BCUT2D eigenvalue weighted by Gasteiger charge is 2.05. The molecule has 0 saturated carbocycles. The minimum absolute atomic E-state index is 0.434. The van der Waals surface area contributed by atoms with Crippen molar-refractivity contribution in [3.05, 3.63) is 30.3 Å². The van der Waals surface area contributed by atoms with Crippen LogP contribution in [0.1, 0.15) is 26.2 Å². The van der Waals surface area contributed by atoms with Gasteiger partial charge in [0.15, 0.2) is 0 Å². The van der Waals surface area contributed by atoms with Gasteiger partial charge in [0.1, 0.15) is 13.7 Å². The molecule has 5 heteroatoms. The molecule has 0 unspecified atom stereocenters. The summed E-state index contributed by atoms with van der Waals surface area (Å²) in [5, 5.41) is 3.56. The van der Waals surface area contributed by atoms with Crippen LogP contribution in [0.2, 0.25) is 0 Å². The minimum atomic E-state index is -0.469. The first kappa shape index (κ1) is 14.4. The van der Waals surface area contributed by atoms with Crippen LogP contribution in [0.3, 0.4) is 0 Å². The minimum Gasteiger partial charge on any atom is -0.449 e. The molecule has 2 aromatic rings. The summed E-state index contributed by atoms with van der Waals surface area (Å²) in [4.78, 5) is 15.9. The lowest BCUT2D eigenvalue weighted by Gasteiger charge is -2.07. The zero-order valence-corrected chi connectivity index (χ0v) is 11.6. The third kappa shape index (κ3) is 3.98. The fraction of sp³-hybridized carbons (Fsp3) is 0.333. The van der Waals surface area contributed by atoms with E-state index in [1.165, 1.54) is 0 Å². The molecule has 1 aromatic carbocycles. The van der Waals surface area contributed by atoms with Gasteiger partial charge in [-0.1, -0.05) is 37.4 Å².